The van der Waals surface area contributed by atoms with Crippen LogP contribution < -0.4 is 14.8 Å². The van der Waals surface area contributed by atoms with Crippen molar-refractivity contribution in [3.63, 3.8) is 0 Å². The molecule has 0 aliphatic heterocycles. The van der Waals surface area contributed by atoms with Gasteiger partial charge in [-0.3, -0.25) is 0 Å². The number of benzene rings is 2. The first kappa shape index (κ1) is 14.2. The van der Waals surface area contributed by atoms with E-state index in [0.717, 1.165) is 11.1 Å². The Hall–Kier alpha value is -2.23. The molecular formula is C16H18FNO2. The predicted octanol–water partition coefficient (Wildman–Crippen LogP) is 3.76. The molecule has 2 rings (SSSR count). The molecule has 0 amide bonds. The zero-order valence-corrected chi connectivity index (χ0v) is 11.9. The molecule has 0 radical (unpaired) electrons. The van der Waals surface area contributed by atoms with Gasteiger partial charge in [0.05, 0.1) is 19.9 Å². The third-order valence-electron chi connectivity index (χ3n) is 3.16. The van der Waals surface area contributed by atoms with Crippen LogP contribution in [0.4, 0.5) is 10.1 Å². The molecule has 20 heavy (non-hydrogen) atoms. The fourth-order valence-corrected chi connectivity index (χ4v) is 2.13. The second kappa shape index (κ2) is 6.28. The van der Waals surface area contributed by atoms with Crippen molar-refractivity contribution in [1.82, 2.24) is 0 Å². The Balaban J connectivity index is 2.23. The molecule has 0 bridgehead atoms. The van der Waals surface area contributed by atoms with Gasteiger partial charge < -0.3 is 14.8 Å². The van der Waals surface area contributed by atoms with Gasteiger partial charge in [0.15, 0.2) is 11.5 Å². The first-order valence-electron chi connectivity index (χ1n) is 6.36. The van der Waals surface area contributed by atoms with E-state index in [9.17, 15) is 4.39 Å². The molecule has 0 unspecified atom stereocenters. The van der Waals surface area contributed by atoms with E-state index in [2.05, 4.69) is 5.32 Å². The van der Waals surface area contributed by atoms with Gasteiger partial charge >= 0.3 is 0 Å². The van der Waals surface area contributed by atoms with Crippen molar-refractivity contribution >= 4 is 5.69 Å². The number of methoxy groups -OCH3 is 2. The highest BCUT2D eigenvalue weighted by molar-refractivity contribution is 5.54. The molecule has 2 aromatic carbocycles. The first-order valence-corrected chi connectivity index (χ1v) is 6.36. The lowest BCUT2D eigenvalue weighted by atomic mass is 10.1. The standard InChI is InChI=1S/C16H18FNO2/c1-11-6-4-8-13(17)15(11)18-10-12-7-5-9-14(19-2)16(12)20-3/h4-9,18H,10H2,1-3H3. The van der Waals surface area contributed by atoms with Gasteiger partial charge in [-0.15, -0.1) is 0 Å². The van der Waals surface area contributed by atoms with E-state index in [1.807, 2.05) is 31.2 Å². The molecule has 0 saturated heterocycles. The third kappa shape index (κ3) is 2.85. The quantitative estimate of drug-likeness (QED) is 0.901. The fraction of sp³-hybridized carbons (Fsp3) is 0.250. The van der Waals surface area contributed by atoms with Gasteiger partial charge in [0, 0.05) is 12.1 Å². The van der Waals surface area contributed by atoms with Gasteiger partial charge in [0.1, 0.15) is 5.82 Å². The number of hydrogen-bond donors (Lipinski definition) is 1. The van der Waals surface area contributed by atoms with Crippen molar-refractivity contribution in [2.45, 2.75) is 13.5 Å². The summed E-state index contributed by atoms with van der Waals surface area (Å²) in [6.45, 7) is 2.33. The van der Waals surface area contributed by atoms with Gasteiger partial charge in [-0.2, -0.15) is 0 Å². The van der Waals surface area contributed by atoms with E-state index >= 15 is 0 Å². The molecule has 0 aliphatic carbocycles. The maximum absolute atomic E-state index is 13.8. The average molecular weight is 275 g/mol. The minimum absolute atomic E-state index is 0.258. The zero-order valence-electron chi connectivity index (χ0n) is 11.9. The Morgan fingerprint density at radius 1 is 1.05 bits per heavy atom. The Kier molecular flexibility index (Phi) is 4.45. The molecule has 0 aliphatic rings. The summed E-state index contributed by atoms with van der Waals surface area (Å²) in [4.78, 5) is 0. The molecule has 0 saturated carbocycles. The molecule has 0 atom stereocenters. The maximum atomic E-state index is 13.8. The number of rotatable bonds is 5. The van der Waals surface area contributed by atoms with Gasteiger partial charge in [0.25, 0.3) is 0 Å². The largest absolute Gasteiger partial charge is 0.493 e. The highest BCUT2D eigenvalue weighted by Crippen LogP contribution is 2.31. The molecule has 2 aromatic rings. The Morgan fingerprint density at radius 3 is 2.45 bits per heavy atom. The molecular weight excluding hydrogens is 257 g/mol. The lowest BCUT2D eigenvalue weighted by molar-refractivity contribution is 0.352. The summed E-state index contributed by atoms with van der Waals surface area (Å²) in [5.74, 6) is 1.07. The van der Waals surface area contributed by atoms with Gasteiger partial charge in [-0.05, 0) is 24.6 Å². The summed E-state index contributed by atoms with van der Waals surface area (Å²) in [7, 11) is 3.19. The van der Waals surface area contributed by atoms with Crippen molar-refractivity contribution in [3.05, 3.63) is 53.3 Å². The van der Waals surface area contributed by atoms with Crippen LogP contribution in [0.5, 0.6) is 11.5 Å². The lowest BCUT2D eigenvalue weighted by Crippen LogP contribution is -2.05. The van der Waals surface area contributed by atoms with Crippen LogP contribution in [0.2, 0.25) is 0 Å². The van der Waals surface area contributed by atoms with Crippen molar-refractivity contribution in [2.24, 2.45) is 0 Å². The smallest absolute Gasteiger partial charge is 0.165 e. The SMILES string of the molecule is COc1cccc(CNc2c(C)cccc2F)c1OC. The average Bonchev–Trinajstić information content (AvgIpc) is 2.46. The number of halogens is 1. The number of ether oxygens (including phenoxy) is 2. The number of nitrogens with one attached hydrogen (secondary N) is 1. The third-order valence-corrected chi connectivity index (χ3v) is 3.16. The summed E-state index contributed by atoms with van der Waals surface area (Å²) < 4.78 is 24.4. The van der Waals surface area contributed by atoms with Gasteiger partial charge in [0.2, 0.25) is 0 Å². The van der Waals surface area contributed by atoms with E-state index < -0.39 is 0 Å². The van der Waals surface area contributed by atoms with Crippen LogP contribution in [-0.2, 0) is 6.54 Å². The van der Waals surface area contributed by atoms with E-state index in [4.69, 9.17) is 9.47 Å². The molecule has 4 heteroatoms. The lowest BCUT2D eigenvalue weighted by Gasteiger charge is -2.15. The normalized spacial score (nSPS) is 10.2. The monoisotopic (exact) mass is 275 g/mol. The first-order chi connectivity index (χ1) is 9.67. The molecule has 106 valence electrons. The molecule has 0 fully saturated rings. The molecule has 0 heterocycles. The predicted molar refractivity (Wildman–Crippen MR) is 78.0 cm³/mol. The maximum Gasteiger partial charge on any atom is 0.165 e. The van der Waals surface area contributed by atoms with Crippen molar-refractivity contribution in [2.75, 3.05) is 19.5 Å². The topological polar surface area (TPSA) is 30.5 Å². The second-order valence-corrected chi connectivity index (χ2v) is 4.44. The number of anilines is 1. The number of para-hydroxylation sites is 2. The van der Waals surface area contributed by atoms with E-state index in [1.54, 1.807) is 20.3 Å². The zero-order chi connectivity index (χ0) is 14.5. The van der Waals surface area contributed by atoms with Crippen molar-refractivity contribution < 1.29 is 13.9 Å². The summed E-state index contributed by atoms with van der Waals surface area (Å²) in [6, 6.07) is 10.6. The van der Waals surface area contributed by atoms with Crippen molar-refractivity contribution in [3.8, 4) is 11.5 Å². The summed E-state index contributed by atoms with van der Waals surface area (Å²) >= 11 is 0. The number of aryl methyl sites for hydroxylation is 1. The van der Waals surface area contributed by atoms with Crippen LogP contribution in [0.1, 0.15) is 11.1 Å². The van der Waals surface area contributed by atoms with E-state index in [-0.39, 0.29) is 5.82 Å². The van der Waals surface area contributed by atoms with E-state index in [1.165, 1.54) is 6.07 Å². The minimum atomic E-state index is -0.258. The van der Waals surface area contributed by atoms with Gasteiger partial charge in [-0.25, -0.2) is 4.39 Å². The molecule has 0 aromatic heterocycles. The van der Waals surface area contributed by atoms with Gasteiger partial charge in [-0.1, -0.05) is 24.3 Å². The van der Waals surface area contributed by atoms with Crippen LogP contribution in [0, 0.1) is 12.7 Å². The van der Waals surface area contributed by atoms with Crippen molar-refractivity contribution in [1.29, 1.82) is 0 Å². The van der Waals surface area contributed by atoms with Crippen LogP contribution in [0.3, 0.4) is 0 Å². The van der Waals surface area contributed by atoms with Crippen LogP contribution in [0.25, 0.3) is 0 Å². The summed E-state index contributed by atoms with van der Waals surface area (Å²) in [5.41, 5.74) is 2.29. The molecule has 0 spiro atoms. The van der Waals surface area contributed by atoms with Crippen LogP contribution >= 0.6 is 0 Å². The van der Waals surface area contributed by atoms with Crippen LogP contribution in [-0.4, -0.2) is 14.2 Å². The molecule has 3 nitrogen and oxygen atoms in total. The highest BCUT2D eigenvalue weighted by atomic mass is 19.1. The fourth-order valence-electron chi connectivity index (χ4n) is 2.13. The highest BCUT2D eigenvalue weighted by Gasteiger charge is 2.10. The van der Waals surface area contributed by atoms with Crippen LogP contribution in [0.15, 0.2) is 36.4 Å². The Bertz CT molecular complexity index is 579. The van der Waals surface area contributed by atoms with E-state index in [0.29, 0.717) is 23.7 Å². The number of hydrogen-bond acceptors (Lipinski definition) is 3. The minimum Gasteiger partial charge on any atom is -0.493 e. The Labute approximate surface area is 118 Å². The molecule has 1 N–H and O–H groups in total. The Morgan fingerprint density at radius 2 is 1.80 bits per heavy atom. The second-order valence-electron chi connectivity index (χ2n) is 4.44. The summed E-state index contributed by atoms with van der Waals surface area (Å²) in [5, 5.41) is 3.11. The summed E-state index contributed by atoms with van der Waals surface area (Å²) in [6.07, 6.45) is 0.